The number of likely N-dealkylation sites (tertiary alicyclic amines) is 1. The molecule has 0 saturated carbocycles. The predicted molar refractivity (Wildman–Crippen MR) is 142 cm³/mol. The number of rotatable bonds is 9. The van der Waals surface area contributed by atoms with E-state index < -0.39 is 17.7 Å². The van der Waals surface area contributed by atoms with Gasteiger partial charge in [-0.25, -0.2) is 0 Å². The highest BCUT2D eigenvalue weighted by molar-refractivity contribution is 6.46. The van der Waals surface area contributed by atoms with Crippen molar-refractivity contribution < 1.29 is 19.4 Å². The summed E-state index contributed by atoms with van der Waals surface area (Å²) in [5, 5.41) is 11.9. The van der Waals surface area contributed by atoms with Crippen molar-refractivity contribution in [3.05, 3.63) is 106 Å². The molecule has 0 spiro atoms. The Morgan fingerprint density at radius 2 is 1.72 bits per heavy atom. The Hall–Kier alpha value is -3.57. The molecular weight excluding hydrogens is 474 g/mol. The molecule has 1 unspecified atom stereocenters. The third-order valence-electron chi connectivity index (χ3n) is 6.41. The summed E-state index contributed by atoms with van der Waals surface area (Å²) < 4.78 is 5.96. The van der Waals surface area contributed by atoms with Gasteiger partial charge < -0.3 is 14.7 Å². The number of carbonyl (C=O) groups is 2. The third kappa shape index (κ3) is 5.47. The number of unbranched alkanes of at least 4 members (excludes halogenated alkanes) is 2. The number of aliphatic hydroxyl groups excluding tert-OH is 1. The molecule has 1 fully saturated rings. The highest BCUT2D eigenvalue weighted by Gasteiger charge is 2.45. The van der Waals surface area contributed by atoms with Crippen LogP contribution in [0.5, 0.6) is 5.75 Å². The van der Waals surface area contributed by atoms with E-state index in [0.717, 1.165) is 36.0 Å². The Kier molecular flexibility index (Phi) is 8.11. The first kappa shape index (κ1) is 25.5. The average Bonchev–Trinajstić information content (AvgIpc) is 3.14. The van der Waals surface area contributed by atoms with E-state index in [0.29, 0.717) is 29.5 Å². The Balaban J connectivity index is 1.68. The first-order chi connectivity index (χ1) is 17.4. The molecule has 186 valence electrons. The van der Waals surface area contributed by atoms with Crippen LogP contribution in [0.1, 0.15) is 54.5 Å². The number of aliphatic hydroxyl groups is 1. The quantitative estimate of drug-likeness (QED) is 0.150. The zero-order valence-corrected chi connectivity index (χ0v) is 21.3. The SMILES string of the molecule is CCCCCN1C(=O)C(=O)/C(=C(\O)c2ccc(OCc3ccccc3)c(C)c2)C1c1ccc(Cl)cc1. The average molecular weight is 504 g/mol. The minimum absolute atomic E-state index is 0.0937. The monoisotopic (exact) mass is 503 g/mol. The molecule has 0 aliphatic carbocycles. The summed E-state index contributed by atoms with van der Waals surface area (Å²) in [5.41, 5.74) is 3.16. The summed E-state index contributed by atoms with van der Waals surface area (Å²) in [6, 6.07) is 21.5. The molecule has 3 aromatic carbocycles. The van der Waals surface area contributed by atoms with Crippen LogP contribution < -0.4 is 4.74 Å². The molecule has 36 heavy (non-hydrogen) atoms. The second kappa shape index (κ2) is 11.4. The molecule has 0 radical (unpaired) electrons. The van der Waals surface area contributed by atoms with Crippen LogP contribution in [0, 0.1) is 6.92 Å². The van der Waals surface area contributed by atoms with Gasteiger partial charge in [0.2, 0.25) is 0 Å². The molecule has 1 heterocycles. The number of aryl methyl sites for hydroxylation is 1. The van der Waals surface area contributed by atoms with Crippen LogP contribution in [0.15, 0.2) is 78.4 Å². The van der Waals surface area contributed by atoms with Crippen LogP contribution in [-0.4, -0.2) is 28.2 Å². The number of hydrogen-bond acceptors (Lipinski definition) is 4. The molecule has 0 bridgehead atoms. The molecular formula is C30H30ClNO4. The van der Waals surface area contributed by atoms with Crippen molar-refractivity contribution in [3.63, 3.8) is 0 Å². The molecule has 1 aliphatic rings. The Bertz CT molecular complexity index is 1270. The van der Waals surface area contributed by atoms with E-state index in [4.69, 9.17) is 16.3 Å². The van der Waals surface area contributed by atoms with Crippen LogP contribution in [0.25, 0.3) is 5.76 Å². The fraction of sp³-hybridized carbons (Fsp3) is 0.267. The number of benzene rings is 3. The van der Waals surface area contributed by atoms with Gasteiger partial charge in [-0.3, -0.25) is 9.59 Å². The second-order valence-electron chi connectivity index (χ2n) is 9.01. The largest absolute Gasteiger partial charge is 0.507 e. The zero-order chi connectivity index (χ0) is 25.7. The molecule has 6 heteroatoms. The number of carbonyl (C=O) groups excluding carboxylic acids is 2. The number of nitrogens with zero attached hydrogens (tertiary/aromatic N) is 1. The Labute approximate surface area is 217 Å². The number of halogens is 1. The van der Waals surface area contributed by atoms with Gasteiger partial charge >= 0.3 is 0 Å². The van der Waals surface area contributed by atoms with E-state index in [1.165, 1.54) is 0 Å². The van der Waals surface area contributed by atoms with Gasteiger partial charge in [-0.1, -0.05) is 73.8 Å². The smallest absolute Gasteiger partial charge is 0.295 e. The maximum absolute atomic E-state index is 13.2. The van der Waals surface area contributed by atoms with E-state index in [1.807, 2.05) is 37.3 Å². The van der Waals surface area contributed by atoms with Crippen LogP contribution in [0.2, 0.25) is 5.02 Å². The standard InChI is InChI=1S/C30H30ClNO4/c1-3-4-8-17-32-27(22-11-14-24(31)15-12-22)26(29(34)30(32)35)28(33)23-13-16-25(20(2)18-23)36-19-21-9-6-5-7-10-21/h5-7,9-16,18,27,33H,3-4,8,17,19H2,1-2H3/b28-26-. The maximum Gasteiger partial charge on any atom is 0.295 e. The molecule has 1 aliphatic heterocycles. The zero-order valence-electron chi connectivity index (χ0n) is 20.5. The molecule has 1 amide bonds. The lowest BCUT2D eigenvalue weighted by Crippen LogP contribution is -2.30. The molecule has 5 nitrogen and oxygen atoms in total. The van der Waals surface area contributed by atoms with Crippen molar-refractivity contribution in [1.29, 1.82) is 0 Å². The highest BCUT2D eigenvalue weighted by atomic mass is 35.5. The van der Waals surface area contributed by atoms with Crippen molar-refractivity contribution >= 4 is 29.1 Å². The van der Waals surface area contributed by atoms with Gasteiger partial charge in [-0.2, -0.15) is 0 Å². The first-order valence-electron chi connectivity index (χ1n) is 12.2. The van der Waals surface area contributed by atoms with Gasteiger partial charge in [-0.15, -0.1) is 0 Å². The molecule has 1 saturated heterocycles. The summed E-state index contributed by atoms with van der Waals surface area (Å²) in [5.74, 6) is -0.771. The van der Waals surface area contributed by atoms with E-state index in [9.17, 15) is 14.7 Å². The van der Waals surface area contributed by atoms with Crippen molar-refractivity contribution in [3.8, 4) is 5.75 Å². The first-order valence-corrected chi connectivity index (χ1v) is 12.6. The van der Waals surface area contributed by atoms with Gasteiger partial charge in [0.15, 0.2) is 0 Å². The molecule has 3 aromatic rings. The number of ether oxygens (including phenoxy) is 1. The van der Waals surface area contributed by atoms with Gasteiger partial charge in [0.25, 0.3) is 11.7 Å². The Morgan fingerprint density at radius 1 is 1.00 bits per heavy atom. The normalized spacial score (nSPS) is 17.0. The van der Waals surface area contributed by atoms with E-state index in [2.05, 4.69) is 6.92 Å². The van der Waals surface area contributed by atoms with Crippen molar-refractivity contribution in [2.75, 3.05) is 6.54 Å². The fourth-order valence-corrected chi connectivity index (χ4v) is 4.61. The van der Waals surface area contributed by atoms with Crippen molar-refractivity contribution in [2.45, 2.75) is 45.8 Å². The number of Topliss-reactive ketones (excluding diaryl/α,β-unsaturated/α-hetero) is 1. The second-order valence-corrected chi connectivity index (χ2v) is 9.44. The van der Waals surface area contributed by atoms with Crippen LogP contribution in [0.4, 0.5) is 0 Å². The topological polar surface area (TPSA) is 66.8 Å². The lowest BCUT2D eigenvalue weighted by atomic mass is 9.94. The number of ketones is 1. The van der Waals surface area contributed by atoms with E-state index >= 15 is 0 Å². The molecule has 0 aromatic heterocycles. The van der Waals surface area contributed by atoms with Crippen LogP contribution >= 0.6 is 11.6 Å². The third-order valence-corrected chi connectivity index (χ3v) is 6.67. The molecule has 4 rings (SSSR count). The van der Waals surface area contributed by atoms with E-state index in [-0.39, 0.29) is 11.3 Å². The van der Waals surface area contributed by atoms with E-state index in [1.54, 1.807) is 47.4 Å². The van der Waals surface area contributed by atoms with Gasteiger partial charge in [0.05, 0.1) is 11.6 Å². The number of hydrogen-bond donors (Lipinski definition) is 1. The molecule has 1 atom stereocenters. The van der Waals surface area contributed by atoms with Crippen LogP contribution in [0.3, 0.4) is 0 Å². The van der Waals surface area contributed by atoms with Gasteiger partial charge in [0.1, 0.15) is 18.1 Å². The summed E-state index contributed by atoms with van der Waals surface area (Å²) in [6.45, 7) is 4.83. The van der Waals surface area contributed by atoms with Gasteiger partial charge in [-0.05, 0) is 60.4 Å². The van der Waals surface area contributed by atoms with Gasteiger partial charge in [0, 0.05) is 17.1 Å². The maximum atomic E-state index is 13.2. The minimum atomic E-state index is -0.675. The van der Waals surface area contributed by atoms with Crippen molar-refractivity contribution in [2.24, 2.45) is 0 Å². The predicted octanol–water partition coefficient (Wildman–Crippen LogP) is 6.84. The lowest BCUT2D eigenvalue weighted by Gasteiger charge is -2.25. The molecule has 1 N–H and O–H groups in total. The fourth-order valence-electron chi connectivity index (χ4n) is 4.48. The number of amides is 1. The summed E-state index contributed by atoms with van der Waals surface area (Å²) in [7, 11) is 0. The minimum Gasteiger partial charge on any atom is -0.507 e. The Morgan fingerprint density at radius 3 is 2.39 bits per heavy atom. The van der Waals surface area contributed by atoms with Crippen molar-refractivity contribution in [1.82, 2.24) is 4.90 Å². The summed E-state index contributed by atoms with van der Waals surface area (Å²) in [6.07, 6.45) is 2.72. The summed E-state index contributed by atoms with van der Waals surface area (Å²) >= 11 is 6.09. The highest BCUT2D eigenvalue weighted by Crippen LogP contribution is 2.40. The summed E-state index contributed by atoms with van der Waals surface area (Å²) in [4.78, 5) is 27.8. The van der Waals surface area contributed by atoms with Crippen LogP contribution in [-0.2, 0) is 16.2 Å². The lowest BCUT2D eigenvalue weighted by molar-refractivity contribution is -0.139.